The first-order chi connectivity index (χ1) is 8.15. The van der Waals surface area contributed by atoms with E-state index in [2.05, 4.69) is 0 Å². The molecule has 7 nitrogen and oxygen atoms in total. The molecule has 0 radical (unpaired) electrons. The Kier molecular flexibility index (Phi) is 6.32. The maximum atomic E-state index is 11.4. The average molecular weight is 261 g/mol. The minimum atomic E-state index is -1.55. The first-order valence-electron chi connectivity index (χ1n) is 5.42. The third-order valence-corrected chi connectivity index (χ3v) is 2.06. The number of carbonyl (C=O) groups is 3. The van der Waals surface area contributed by atoms with E-state index in [9.17, 15) is 14.4 Å². The summed E-state index contributed by atoms with van der Waals surface area (Å²) >= 11 is 0. The van der Waals surface area contributed by atoms with Gasteiger partial charge in [-0.1, -0.05) is 0 Å². The first-order valence-corrected chi connectivity index (χ1v) is 5.42. The minimum Gasteiger partial charge on any atom is -0.478 e. The van der Waals surface area contributed by atoms with E-state index < -0.39 is 23.5 Å². The number of carboxylic acid groups (broad SMARTS) is 1. The zero-order chi connectivity index (χ0) is 14.3. The molecule has 0 saturated heterocycles. The number of ether oxygens (including phenoxy) is 2. The third-order valence-electron chi connectivity index (χ3n) is 2.06. The number of carbonyl (C=O) groups excluding carboxylic acids is 2. The van der Waals surface area contributed by atoms with E-state index in [4.69, 9.17) is 14.6 Å². The van der Waals surface area contributed by atoms with Gasteiger partial charge in [0.25, 0.3) is 0 Å². The number of carboxylic acids is 1. The smallest absolute Gasteiger partial charge is 0.347 e. The molecule has 0 aromatic rings. The highest BCUT2D eigenvalue weighted by atomic mass is 16.6. The molecule has 104 valence electrons. The monoisotopic (exact) mass is 261 g/mol. The summed E-state index contributed by atoms with van der Waals surface area (Å²) < 4.78 is 9.52. The van der Waals surface area contributed by atoms with Gasteiger partial charge in [-0.05, 0) is 20.9 Å². The fourth-order valence-corrected chi connectivity index (χ4v) is 1.01. The van der Waals surface area contributed by atoms with E-state index in [-0.39, 0.29) is 13.2 Å². The molecular formula is C11H19NO6. The number of esters is 2. The van der Waals surface area contributed by atoms with E-state index in [0.29, 0.717) is 6.54 Å². The normalized spacial score (nSPS) is 11.2. The van der Waals surface area contributed by atoms with Gasteiger partial charge in [-0.3, -0.25) is 14.5 Å². The number of aliphatic carboxylic acids is 1. The number of likely N-dealkylation sites (N-methyl/N-ethyl adjacent to an activating group) is 1. The van der Waals surface area contributed by atoms with Crippen molar-refractivity contribution < 1.29 is 29.0 Å². The molecule has 0 aliphatic carbocycles. The summed E-state index contributed by atoms with van der Waals surface area (Å²) in [5.74, 6) is -2.25. The maximum Gasteiger partial charge on any atom is 0.347 e. The molecule has 18 heavy (non-hydrogen) atoms. The fraction of sp³-hybridized carbons (Fsp3) is 0.727. The van der Waals surface area contributed by atoms with Crippen molar-refractivity contribution in [3.05, 3.63) is 0 Å². The standard InChI is InChI=1S/C11H19NO6/c1-8(13)17-6-5-12(4)7-9(14)18-11(2,3)10(15)16/h5-7H2,1-4H3,(H,15,16). The maximum absolute atomic E-state index is 11.4. The Hall–Kier alpha value is -1.63. The van der Waals surface area contributed by atoms with Gasteiger partial charge in [0.2, 0.25) is 5.60 Å². The summed E-state index contributed by atoms with van der Waals surface area (Å²) in [5, 5.41) is 8.78. The van der Waals surface area contributed by atoms with Gasteiger partial charge in [0.05, 0.1) is 6.54 Å². The van der Waals surface area contributed by atoms with Crippen LogP contribution in [-0.4, -0.2) is 60.3 Å². The van der Waals surface area contributed by atoms with Crippen LogP contribution in [0.5, 0.6) is 0 Å². The lowest BCUT2D eigenvalue weighted by atomic mass is 10.1. The number of rotatable bonds is 7. The molecule has 0 aromatic heterocycles. The van der Waals surface area contributed by atoms with Crippen molar-refractivity contribution in [2.24, 2.45) is 0 Å². The minimum absolute atomic E-state index is 0.0715. The molecule has 0 rings (SSSR count). The van der Waals surface area contributed by atoms with Crippen molar-refractivity contribution in [3.8, 4) is 0 Å². The molecule has 0 aromatic carbocycles. The second-order valence-electron chi connectivity index (χ2n) is 4.37. The lowest BCUT2D eigenvalue weighted by Gasteiger charge is -2.22. The van der Waals surface area contributed by atoms with Crippen LogP contribution >= 0.6 is 0 Å². The lowest BCUT2D eigenvalue weighted by molar-refractivity contribution is -0.175. The molecule has 0 spiro atoms. The highest BCUT2D eigenvalue weighted by Gasteiger charge is 2.31. The van der Waals surface area contributed by atoms with Gasteiger partial charge in [-0.2, -0.15) is 0 Å². The molecule has 0 aliphatic rings. The van der Waals surface area contributed by atoms with Gasteiger partial charge in [0.15, 0.2) is 0 Å². The summed E-state index contributed by atoms with van der Waals surface area (Å²) in [5.41, 5.74) is -1.55. The van der Waals surface area contributed by atoms with Crippen molar-refractivity contribution in [1.29, 1.82) is 0 Å². The van der Waals surface area contributed by atoms with Crippen LogP contribution in [0.25, 0.3) is 0 Å². The van der Waals surface area contributed by atoms with Crippen LogP contribution in [0.15, 0.2) is 0 Å². The molecular weight excluding hydrogens is 242 g/mol. The van der Waals surface area contributed by atoms with Crippen LogP contribution in [-0.2, 0) is 23.9 Å². The van der Waals surface area contributed by atoms with Gasteiger partial charge >= 0.3 is 17.9 Å². The molecule has 0 bridgehead atoms. The van der Waals surface area contributed by atoms with Crippen LogP contribution in [0.4, 0.5) is 0 Å². The van der Waals surface area contributed by atoms with Crippen molar-refractivity contribution in [2.45, 2.75) is 26.4 Å². The molecule has 0 aliphatic heterocycles. The van der Waals surface area contributed by atoms with Gasteiger partial charge in [-0.15, -0.1) is 0 Å². The molecule has 0 unspecified atom stereocenters. The summed E-state index contributed by atoms with van der Waals surface area (Å²) in [4.78, 5) is 34.3. The van der Waals surface area contributed by atoms with Crippen LogP contribution in [0.2, 0.25) is 0 Å². The van der Waals surface area contributed by atoms with E-state index in [1.165, 1.54) is 20.8 Å². The Morgan fingerprint density at radius 1 is 1.28 bits per heavy atom. The number of hydrogen-bond donors (Lipinski definition) is 1. The highest BCUT2D eigenvalue weighted by molar-refractivity contribution is 5.81. The van der Waals surface area contributed by atoms with E-state index >= 15 is 0 Å². The topological polar surface area (TPSA) is 93.1 Å². The Balaban J connectivity index is 4.01. The summed E-state index contributed by atoms with van der Waals surface area (Å²) in [6.07, 6.45) is 0. The highest BCUT2D eigenvalue weighted by Crippen LogP contribution is 2.09. The second-order valence-corrected chi connectivity index (χ2v) is 4.37. The van der Waals surface area contributed by atoms with Crippen molar-refractivity contribution >= 4 is 17.9 Å². The van der Waals surface area contributed by atoms with Crippen LogP contribution in [0.3, 0.4) is 0 Å². The number of hydrogen-bond acceptors (Lipinski definition) is 6. The predicted molar refractivity (Wildman–Crippen MR) is 61.9 cm³/mol. The quantitative estimate of drug-likeness (QED) is 0.639. The zero-order valence-corrected chi connectivity index (χ0v) is 11.1. The molecule has 0 heterocycles. The van der Waals surface area contributed by atoms with Gasteiger partial charge in [-0.25, -0.2) is 4.79 Å². The van der Waals surface area contributed by atoms with Gasteiger partial charge in [0, 0.05) is 13.5 Å². The Labute approximate surface area is 106 Å². The molecule has 0 saturated carbocycles. The van der Waals surface area contributed by atoms with Crippen molar-refractivity contribution in [1.82, 2.24) is 4.90 Å². The molecule has 0 atom stereocenters. The molecule has 0 amide bonds. The molecule has 7 heteroatoms. The zero-order valence-electron chi connectivity index (χ0n) is 11.1. The van der Waals surface area contributed by atoms with Gasteiger partial charge < -0.3 is 14.6 Å². The van der Waals surface area contributed by atoms with Crippen LogP contribution in [0.1, 0.15) is 20.8 Å². The Morgan fingerprint density at radius 3 is 2.28 bits per heavy atom. The SMILES string of the molecule is CC(=O)OCCN(C)CC(=O)OC(C)(C)C(=O)O. The summed E-state index contributed by atoms with van der Waals surface area (Å²) in [7, 11) is 1.64. The van der Waals surface area contributed by atoms with E-state index in [1.54, 1.807) is 11.9 Å². The third kappa shape index (κ3) is 6.85. The lowest BCUT2D eigenvalue weighted by Crippen LogP contribution is -2.40. The van der Waals surface area contributed by atoms with Crippen molar-refractivity contribution in [2.75, 3.05) is 26.7 Å². The predicted octanol–water partition coefficient (Wildman–Crippen LogP) is -0.112. The number of nitrogens with zero attached hydrogens (tertiary/aromatic N) is 1. The van der Waals surface area contributed by atoms with Crippen LogP contribution in [0, 0.1) is 0 Å². The molecule has 1 N–H and O–H groups in total. The largest absolute Gasteiger partial charge is 0.478 e. The second kappa shape index (κ2) is 6.95. The Morgan fingerprint density at radius 2 is 1.83 bits per heavy atom. The first kappa shape index (κ1) is 16.4. The Bertz CT molecular complexity index is 325. The van der Waals surface area contributed by atoms with Crippen LogP contribution < -0.4 is 0 Å². The van der Waals surface area contributed by atoms with E-state index in [0.717, 1.165) is 0 Å². The van der Waals surface area contributed by atoms with Crippen molar-refractivity contribution in [3.63, 3.8) is 0 Å². The van der Waals surface area contributed by atoms with Gasteiger partial charge in [0.1, 0.15) is 6.61 Å². The summed E-state index contributed by atoms with van der Waals surface area (Å²) in [6, 6.07) is 0. The summed E-state index contributed by atoms with van der Waals surface area (Å²) in [6.45, 7) is 4.35. The average Bonchev–Trinajstić information content (AvgIpc) is 2.14. The molecule has 0 fully saturated rings. The van der Waals surface area contributed by atoms with E-state index in [1.807, 2.05) is 0 Å². The fourth-order valence-electron chi connectivity index (χ4n) is 1.01.